The number of aromatic nitrogens is 1. The Hall–Kier alpha value is -1.65. The zero-order valence-corrected chi connectivity index (χ0v) is 10.7. The first-order valence-corrected chi connectivity index (χ1v) is 5.93. The van der Waals surface area contributed by atoms with Crippen molar-refractivity contribution in [3.63, 3.8) is 0 Å². The number of carboxylic acids is 1. The molecule has 0 unspecified atom stereocenters. The van der Waals surface area contributed by atoms with Crippen LogP contribution in [0.4, 0.5) is 0 Å². The SMILES string of the molecule is Cc1c(Cl)c(CNCC(=O)O)nc2ccccc12. The largest absolute Gasteiger partial charge is 0.480 e. The first-order chi connectivity index (χ1) is 8.59. The fourth-order valence-corrected chi connectivity index (χ4v) is 2.03. The molecule has 4 nitrogen and oxygen atoms in total. The third kappa shape index (κ3) is 2.60. The van der Waals surface area contributed by atoms with E-state index in [1.54, 1.807) is 0 Å². The molecule has 0 aliphatic rings. The average molecular weight is 265 g/mol. The van der Waals surface area contributed by atoms with Crippen molar-refractivity contribution in [2.75, 3.05) is 6.54 Å². The molecule has 0 aliphatic heterocycles. The van der Waals surface area contributed by atoms with Gasteiger partial charge < -0.3 is 10.4 Å². The molecule has 0 spiro atoms. The molecule has 0 saturated carbocycles. The van der Waals surface area contributed by atoms with Crippen LogP contribution < -0.4 is 5.32 Å². The van der Waals surface area contributed by atoms with Crippen LogP contribution in [0, 0.1) is 6.92 Å². The molecule has 5 heteroatoms. The number of nitrogens with one attached hydrogen (secondary N) is 1. The highest BCUT2D eigenvalue weighted by atomic mass is 35.5. The highest BCUT2D eigenvalue weighted by Crippen LogP contribution is 2.26. The lowest BCUT2D eigenvalue weighted by atomic mass is 10.1. The van der Waals surface area contributed by atoms with Gasteiger partial charge in [-0.1, -0.05) is 29.8 Å². The van der Waals surface area contributed by atoms with Crippen LogP contribution in [-0.2, 0) is 11.3 Å². The number of carboxylic acid groups (broad SMARTS) is 1. The van der Waals surface area contributed by atoms with Crippen molar-refractivity contribution in [1.29, 1.82) is 0 Å². The molecule has 0 aliphatic carbocycles. The van der Waals surface area contributed by atoms with Crippen molar-refractivity contribution >= 4 is 28.5 Å². The minimum absolute atomic E-state index is 0.107. The Morgan fingerprint density at radius 2 is 2.17 bits per heavy atom. The normalized spacial score (nSPS) is 10.8. The number of hydrogen-bond donors (Lipinski definition) is 2. The number of aliphatic carboxylic acids is 1. The number of rotatable bonds is 4. The maximum absolute atomic E-state index is 10.4. The number of pyridine rings is 1. The molecule has 1 aromatic carbocycles. The van der Waals surface area contributed by atoms with Crippen molar-refractivity contribution in [2.24, 2.45) is 0 Å². The van der Waals surface area contributed by atoms with E-state index in [-0.39, 0.29) is 6.54 Å². The lowest BCUT2D eigenvalue weighted by molar-refractivity contribution is -0.135. The van der Waals surface area contributed by atoms with Gasteiger partial charge in [-0.3, -0.25) is 4.79 Å². The predicted molar refractivity (Wildman–Crippen MR) is 70.8 cm³/mol. The van der Waals surface area contributed by atoms with Gasteiger partial charge in [0.1, 0.15) is 0 Å². The highest BCUT2D eigenvalue weighted by Gasteiger charge is 2.10. The van der Waals surface area contributed by atoms with Gasteiger partial charge in [0.15, 0.2) is 0 Å². The molecule has 0 fully saturated rings. The summed E-state index contributed by atoms with van der Waals surface area (Å²) in [5.41, 5.74) is 2.51. The first kappa shape index (κ1) is 12.8. The van der Waals surface area contributed by atoms with E-state index in [4.69, 9.17) is 16.7 Å². The number of para-hydroxylation sites is 1. The van der Waals surface area contributed by atoms with Gasteiger partial charge in [0.05, 0.1) is 22.8 Å². The van der Waals surface area contributed by atoms with Gasteiger partial charge >= 0.3 is 5.97 Å². The van der Waals surface area contributed by atoms with Crippen LogP contribution in [0.3, 0.4) is 0 Å². The Kier molecular flexibility index (Phi) is 3.79. The number of fused-ring (bicyclic) bond motifs is 1. The van der Waals surface area contributed by atoms with Gasteiger partial charge in [0, 0.05) is 11.9 Å². The minimum atomic E-state index is -0.899. The van der Waals surface area contributed by atoms with Crippen LogP contribution in [0.5, 0.6) is 0 Å². The highest BCUT2D eigenvalue weighted by molar-refractivity contribution is 6.32. The summed E-state index contributed by atoms with van der Waals surface area (Å²) >= 11 is 6.24. The Balaban J connectivity index is 2.33. The number of nitrogens with zero attached hydrogens (tertiary/aromatic N) is 1. The van der Waals surface area contributed by atoms with Gasteiger partial charge in [-0.2, -0.15) is 0 Å². The smallest absolute Gasteiger partial charge is 0.317 e. The Morgan fingerprint density at radius 3 is 2.89 bits per heavy atom. The molecule has 2 N–H and O–H groups in total. The fourth-order valence-electron chi connectivity index (χ4n) is 1.82. The molecule has 0 atom stereocenters. The van der Waals surface area contributed by atoms with Crippen LogP contribution in [0.25, 0.3) is 10.9 Å². The third-order valence-corrected chi connectivity index (χ3v) is 3.22. The summed E-state index contributed by atoms with van der Waals surface area (Å²) < 4.78 is 0. The maximum atomic E-state index is 10.4. The van der Waals surface area contributed by atoms with Crippen molar-refractivity contribution < 1.29 is 9.90 Å². The molecule has 2 rings (SSSR count). The number of aryl methyl sites for hydroxylation is 1. The van der Waals surface area contributed by atoms with Gasteiger partial charge in [-0.15, -0.1) is 0 Å². The second kappa shape index (κ2) is 5.33. The summed E-state index contributed by atoms with van der Waals surface area (Å²) in [6.45, 7) is 2.17. The average Bonchev–Trinajstić information content (AvgIpc) is 2.35. The van der Waals surface area contributed by atoms with Gasteiger partial charge in [0.25, 0.3) is 0 Å². The predicted octanol–water partition coefficient (Wildman–Crippen LogP) is 2.37. The van der Waals surface area contributed by atoms with Crippen molar-refractivity contribution in [3.8, 4) is 0 Å². The lowest BCUT2D eigenvalue weighted by Crippen LogP contribution is -2.22. The van der Waals surface area contributed by atoms with Crippen LogP contribution in [-0.4, -0.2) is 22.6 Å². The number of benzene rings is 1. The van der Waals surface area contributed by atoms with Gasteiger partial charge in [-0.25, -0.2) is 4.98 Å². The molecule has 1 aromatic heterocycles. The van der Waals surface area contributed by atoms with Crippen LogP contribution >= 0.6 is 11.6 Å². The molecule has 0 bridgehead atoms. The standard InChI is InChI=1S/C13H13ClN2O2/c1-8-9-4-2-3-5-10(9)16-11(13(8)14)6-15-7-12(17)18/h2-5,15H,6-7H2,1H3,(H,17,18). The van der Waals surface area contributed by atoms with E-state index in [2.05, 4.69) is 10.3 Å². The molecule has 94 valence electrons. The maximum Gasteiger partial charge on any atom is 0.317 e. The first-order valence-electron chi connectivity index (χ1n) is 5.56. The molecular formula is C13H13ClN2O2. The second-order valence-corrected chi connectivity index (χ2v) is 4.39. The summed E-state index contributed by atoms with van der Waals surface area (Å²) in [6.07, 6.45) is 0. The van der Waals surface area contributed by atoms with E-state index in [0.29, 0.717) is 17.3 Å². The molecule has 18 heavy (non-hydrogen) atoms. The van der Waals surface area contributed by atoms with E-state index in [1.165, 1.54) is 0 Å². The van der Waals surface area contributed by atoms with Crippen LogP contribution in [0.2, 0.25) is 5.02 Å². The molecular weight excluding hydrogens is 252 g/mol. The van der Waals surface area contributed by atoms with Crippen molar-refractivity contribution in [1.82, 2.24) is 10.3 Å². The minimum Gasteiger partial charge on any atom is -0.480 e. The summed E-state index contributed by atoms with van der Waals surface area (Å²) in [7, 11) is 0. The molecule has 2 aromatic rings. The van der Waals surface area contributed by atoms with Crippen LogP contribution in [0.15, 0.2) is 24.3 Å². The Labute approximate surface area is 110 Å². The summed E-state index contributed by atoms with van der Waals surface area (Å²) in [4.78, 5) is 14.9. The molecule has 0 radical (unpaired) electrons. The van der Waals surface area contributed by atoms with Gasteiger partial charge in [0.2, 0.25) is 0 Å². The van der Waals surface area contributed by atoms with Crippen molar-refractivity contribution in [3.05, 3.63) is 40.5 Å². The lowest BCUT2D eigenvalue weighted by Gasteiger charge is -2.10. The number of carbonyl (C=O) groups is 1. The topological polar surface area (TPSA) is 62.2 Å². The van der Waals surface area contributed by atoms with E-state index in [0.717, 1.165) is 16.5 Å². The Morgan fingerprint density at radius 1 is 1.44 bits per heavy atom. The summed E-state index contributed by atoms with van der Waals surface area (Å²) in [6, 6.07) is 7.74. The summed E-state index contributed by atoms with van der Waals surface area (Å²) in [5.74, 6) is -0.899. The van der Waals surface area contributed by atoms with Gasteiger partial charge in [-0.05, 0) is 18.6 Å². The monoisotopic (exact) mass is 264 g/mol. The number of hydrogen-bond acceptors (Lipinski definition) is 3. The third-order valence-electron chi connectivity index (χ3n) is 2.71. The zero-order valence-electron chi connectivity index (χ0n) is 9.90. The van der Waals surface area contributed by atoms with Crippen molar-refractivity contribution in [2.45, 2.75) is 13.5 Å². The second-order valence-electron chi connectivity index (χ2n) is 4.01. The van der Waals surface area contributed by atoms with E-state index >= 15 is 0 Å². The fraction of sp³-hybridized carbons (Fsp3) is 0.231. The van der Waals surface area contributed by atoms with E-state index in [9.17, 15) is 4.79 Å². The van der Waals surface area contributed by atoms with E-state index in [1.807, 2.05) is 31.2 Å². The molecule has 1 heterocycles. The summed E-state index contributed by atoms with van der Waals surface area (Å²) in [5, 5.41) is 13.0. The molecule has 0 saturated heterocycles. The van der Waals surface area contributed by atoms with Crippen LogP contribution in [0.1, 0.15) is 11.3 Å². The molecule has 0 amide bonds. The Bertz CT molecular complexity index is 599. The quantitative estimate of drug-likeness (QED) is 0.890. The number of halogens is 1. The van der Waals surface area contributed by atoms with E-state index < -0.39 is 5.97 Å². The zero-order chi connectivity index (χ0) is 13.1.